The summed E-state index contributed by atoms with van der Waals surface area (Å²) in [5.74, 6) is 1.12. The van der Waals surface area contributed by atoms with Crippen molar-refractivity contribution >= 4 is 5.96 Å². The van der Waals surface area contributed by atoms with Crippen molar-refractivity contribution in [2.24, 2.45) is 10.9 Å². The molecule has 0 amide bonds. The van der Waals surface area contributed by atoms with Crippen LogP contribution in [0.4, 0.5) is 4.39 Å². The molecule has 2 rings (SSSR count). The molecule has 0 saturated carbocycles. The molecule has 1 atom stereocenters. The highest BCUT2D eigenvalue weighted by molar-refractivity contribution is 5.79. The monoisotopic (exact) mass is 337 g/mol. The van der Waals surface area contributed by atoms with Gasteiger partial charge >= 0.3 is 0 Å². The van der Waals surface area contributed by atoms with Crippen LogP contribution in [-0.4, -0.2) is 46.0 Å². The van der Waals surface area contributed by atoms with E-state index in [9.17, 15) is 4.39 Å². The van der Waals surface area contributed by atoms with E-state index in [0.29, 0.717) is 18.0 Å². The molecule has 1 saturated heterocycles. The number of nitrogens with zero attached hydrogens (tertiary/aromatic N) is 1. The van der Waals surface area contributed by atoms with Crippen molar-refractivity contribution in [2.75, 3.05) is 40.0 Å². The summed E-state index contributed by atoms with van der Waals surface area (Å²) in [4.78, 5) is 4.19. The predicted molar refractivity (Wildman–Crippen MR) is 93.7 cm³/mol. The van der Waals surface area contributed by atoms with Gasteiger partial charge in [-0.05, 0) is 37.0 Å². The topological polar surface area (TPSA) is 54.9 Å². The van der Waals surface area contributed by atoms with Gasteiger partial charge in [0, 0.05) is 39.3 Å². The lowest BCUT2D eigenvalue weighted by atomic mass is 10.1. The van der Waals surface area contributed by atoms with E-state index in [1.54, 1.807) is 20.0 Å². The number of ether oxygens (including phenoxy) is 2. The molecule has 1 aliphatic rings. The van der Waals surface area contributed by atoms with Crippen LogP contribution in [0.3, 0.4) is 0 Å². The fourth-order valence-corrected chi connectivity index (χ4v) is 2.57. The van der Waals surface area contributed by atoms with Crippen LogP contribution in [0, 0.1) is 18.7 Å². The van der Waals surface area contributed by atoms with Crippen LogP contribution in [0.15, 0.2) is 23.2 Å². The van der Waals surface area contributed by atoms with Gasteiger partial charge in [0.15, 0.2) is 5.96 Å². The van der Waals surface area contributed by atoms with Crippen molar-refractivity contribution < 1.29 is 13.9 Å². The molecule has 1 aromatic rings. The Kier molecular flexibility index (Phi) is 7.98. The van der Waals surface area contributed by atoms with Gasteiger partial charge in [-0.25, -0.2) is 4.39 Å². The highest BCUT2D eigenvalue weighted by atomic mass is 19.1. The molecule has 1 fully saturated rings. The number of guanidine groups is 1. The van der Waals surface area contributed by atoms with Crippen molar-refractivity contribution in [3.8, 4) is 0 Å². The summed E-state index contributed by atoms with van der Waals surface area (Å²) < 4.78 is 24.2. The molecule has 134 valence electrons. The van der Waals surface area contributed by atoms with Gasteiger partial charge < -0.3 is 20.1 Å². The summed E-state index contributed by atoms with van der Waals surface area (Å²) >= 11 is 0. The molecule has 24 heavy (non-hydrogen) atoms. The van der Waals surface area contributed by atoms with Crippen molar-refractivity contribution in [1.82, 2.24) is 10.6 Å². The second-order valence-electron chi connectivity index (χ2n) is 6.09. The van der Waals surface area contributed by atoms with Crippen molar-refractivity contribution in [3.63, 3.8) is 0 Å². The van der Waals surface area contributed by atoms with E-state index >= 15 is 0 Å². The Labute approximate surface area is 143 Å². The molecule has 1 aliphatic heterocycles. The fourth-order valence-electron chi connectivity index (χ4n) is 2.57. The first-order valence-corrected chi connectivity index (χ1v) is 8.54. The lowest BCUT2D eigenvalue weighted by Gasteiger charge is -2.13. The van der Waals surface area contributed by atoms with Crippen molar-refractivity contribution in [2.45, 2.75) is 26.3 Å². The van der Waals surface area contributed by atoms with E-state index in [1.165, 1.54) is 6.07 Å². The molecule has 6 heteroatoms. The Morgan fingerprint density at radius 1 is 1.42 bits per heavy atom. The van der Waals surface area contributed by atoms with E-state index in [0.717, 1.165) is 57.3 Å². The minimum absolute atomic E-state index is 0.176. The van der Waals surface area contributed by atoms with Gasteiger partial charge in [-0.3, -0.25) is 4.99 Å². The van der Waals surface area contributed by atoms with Crippen LogP contribution in [0.5, 0.6) is 0 Å². The summed E-state index contributed by atoms with van der Waals surface area (Å²) in [5.41, 5.74) is 1.68. The standard InChI is InChI=1S/C18H28FN3O2/c1-14-10-15(4-5-17(14)19)11-22-18(20-2)21-7-3-8-23-12-16-6-9-24-13-16/h4-5,10,16H,3,6-9,11-13H2,1-2H3,(H2,20,21,22). The predicted octanol–water partition coefficient (Wildman–Crippen LogP) is 2.24. The number of hydrogen-bond donors (Lipinski definition) is 2. The zero-order chi connectivity index (χ0) is 17.2. The van der Waals surface area contributed by atoms with Crippen LogP contribution in [0.1, 0.15) is 24.0 Å². The summed E-state index contributed by atoms with van der Waals surface area (Å²) in [7, 11) is 1.74. The number of aliphatic imine (C=N–C) groups is 1. The summed E-state index contributed by atoms with van der Waals surface area (Å²) in [6, 6.07) is 5.12. The molecule has 2 N–H and O–H groups in total. The zero-order valence-corrected chi connectivity index (χ0v) is 14.6. The van der Waals surface area contributed by atoms with E-state index in [1.807, 2.05) is 6.07 Å². The number of halogens is 1. The van der Waals surface area contributed by atoms with Gasteiger partial charge in [-0.15, -0.1) is 0 Å². The molecule has 0 radical (unpaired) electrons. The summed E-state index contributed by atoms with van der Waals surface area (Å²) in [6.07, 6.45) is 2.03. The Bertz CT molecular complexity index is 531. The summed E-state index contributed by atoms with van der Waals surface area (Å²) in [6.45, 7) is 6.39. The molecule has 0 aliphatic carbocycles. The number of nitrogens with one attached hydrogen (secondary N) is 2. The summed E-state index contributed by atoms with van der Waals surface area (Å²) in [5, 5.41) is 6.48. The number of aryl methyl sites for hydroxylation is 1. The lowest BCUT2D eigenvalue weighted by molar-refractivity contribution is 0.0888. The average Bonchev–Trinajstić information content (AvgIpc) is 3.10. The van der Waals surface area contributed by atoms with Crippen LogP contribution in [-0.2, 0) is 16.0 Å². The maximum atomic E-state index is 13.3. The van der Waals surface area contributed by atoms with Gasteiger partial charge in [0.05, 0.1) is 13.2 Å². The highest BCUT2D eigenvalue weighted by Crippen LogP contribution is 2.12. The van der Waals surface area contributed by atoms with Gasteiger partial charge in [0.2, 0.25) is 0 Å². The van der Waals surface area contributed by atoms with Gasteiger partial charge in [0.1, 0.15) is 5.82 Å². The molecule has 1 unspecified atom stereocenters. The van der Waals surface area contributed by atoms with E-state index in [-0.39, 0.29) is 5.82 Å². The van der Waals surface area contributed by atoms with Gasteiger partial charge in [0.25, 0.3) is 0 Å². The smallest absolute Gasteiger partial charge is 0.191 e. The van der Waals surface area contributed by atoms with E-state index < -0.39 is 0 Å². The van der Waals surface area contributed by atoms with E-state index in [2.05, 4.69) is 15.6 Å². The molecule has 0 aromatic heterocycles. The minimum atomic E-state index is -0.176. The number of rotatable bonds is 8. The van der Waals surface area contributed by atoms with Crippen LogP contribution < -0.4 is 10.6 Å². The Balaban J connectivity index is 1.57. The Morgan fingerprint density at radius 3 is 3.00 bits per heavy atom. The maximum absolute atomic E-state index is 13.3. The first kappa shape index (κ1) is 18.7. The van der Waals surface area contributed by atoms with Crippen molar-refractivity contribution in [3.05, 3.63) is 35.1 Å². The third-order valence-electron chi connectivity index (χ3n) is 4.04. The largest absolute Gasteiger partial charge is 0.381 e. The first-order valence-electron chi connectivity index (χ1n) is 8.54. The lowest BCUT2D eigenvalue weighted by Crippen LogP contribution is -2.37. The maximum Gasteiger partial charge on any atom is 0.191 e. The second kappa shape index (κ2) is 10.3. The van der Waals surface area contributed by atoms with Crippen molar-refractivity contribution in [1.29, 1.82) is 0 Å². The molecule has 0 bridgehead atoms. The third-order valence-corrected chi connectivity index (χ3v) is 4.04. The highest BCUT2D eigenvalue weighted by Gasteiger charge is 2.15. The second-order valence-corrected chi connectivity index (χ2v) is 6.09. The molecular weight excluding hydrogens is 309 g/mol. The molecule has 0 spiro atoms. The number of benzene rings is 1. The fraction of sp³-hybridized carbons (Fsp3) is 0.611. The average molecular weight is 337 g/mol. The number of hydrogen-bond acceptors (Lipinski definition) is 3. The minimum Gasteiger partial charge on any atom is -0.381 e. The SMILES string of the molecule is CN=C(NCCCOCC1CCOC1)NCc1ccc(F)c(C)c1. The quantitative estimate of drug-likeness (QED) is 0.434. The molecule has 1 aromatic carbocycles. The molecule has 1 heterocycles. The first-order chi connectivity index (χ1) is 11.7. The molecule has 5 nitrogen and oxygen atoms in total. The van der Waals surface area contributed by atoms with E-state index in [4.69, 9.17) is 9.47 Å². The zero-order valence-electron chi connectivity index (χ0n) is 14.6. The Morgan fingerprint density at radius 2 is 2.29 bits per heavy atom. The Hall–Kier alpha value is -1.66. The van der Waals surface area contributed by atoms with Gasteiger partial charge in [-0.1, -0.05) is 12.1 Å². The normalized spacial score (nSPS) is 18.0. The van der Waals surface area contributed by atoms with Crippen LogP contribution >= 0.6 is 0 Å². The molecular formula is C18H28FN3O2. The van der Waals surface area contributed by atoms with Crippen LogP contribution in [0.25, 0.3) is 0 Å². The third kappa shape index (κ3) is 6.45. The van der Waals surface area contributed by atoms with Gasteiger partial charge in [-0.2, -0.15) is 0 Å². The van der Waals surface area contributed by atoms with Crippen LogP contribution in [0.2, 0.25) is 0 Å².